The Morgan fingerprint density at radius 2 is 1.68 bits per heavy atom. The van der Waals surface area contributed by atoms with E-state index in [1.807, 2.05) is 0 Å². The van der Waals surface area contributed by atoms with Crippen LogP contribution in [0.3, 0.4) is 0 Å². The second kappa shape index (κ2) is 8.82. The molecule has 0 nitrogen and oxygen atoms in total. The van der Waals surface area contributed by atoms with Crippen LogP contribution in [0.15, 0.2) is 90.3 Å². The van der Waals surface area contributed by atoms with Crippen LogP contribution in [-0.2, 0) is 6.42 Å². The average Bonchev–Trinajstić information content (AvgIpc) is 2.83. The molecule has 0 spiro atoms. The highest BCUT2D eigenvalue weighted by atomic mass is 31.1. The molecule has 4 aromatic carbocycles. The molecule has 0 amide bonds. The van der Waals surface area contributed by atoms with Crippen molar-refractivity contribution in [3.8, 4) is 0 Å². The first-order chi connectivity index (χ1) is 15.3. The maximum Gasteiger partial charge on any atom is 0.0454 e. The van der Waals surface area contributed by atoms with E-state index >= 15 is 0 Å². The van der Waals surface area contributed by atoms with E-state index in [0.29, 0.717) is 0 Å². The number of benzene rings is 3. The van der Waals surface area contributed by atoms with Gasteiger partial charge in [0.25, 0.3) is 0 Å². The number of rotatable bonds is 5. The molecule has 4 aromatic rings. The predicted octanol–water partition coefficient (Wildman–Crippen LogP) is 6.61. The highest BCUT2D eigenvalue weighted by molar-refractivity contribution is 7.76. The molecule has 31 heavy (non-hydrogen) atoms. The third kappa shape index (κ3) is 4.01. The summed E-state index contributed by atoms with van der Waals surface area (Å²) in [5.41, 5.74) is 4.03. The molecule has 148 valence electrons. The molecule has 1 heteroatoms. The SMILES string of the molecule is Cc1ccccc1Cc1c(P(C2=CC=CCC2)c2ccccc2)ccc2c#cc#cc12. The smallest absolute Gasteiger partial charge is 0.0454 e. The molecule has 0 radical (unpaired) electrons. The van der Waals surface area contributed by atoms with Gasteiger partial charge >= 0.3 is 0 Å². The second-order valence-corrected chi connectivity index (χ2v) is 10.1. The van der Waals surface area contributed by atoms with Crippen LogP contribution in [0.1, 0.15) is 29.5 Å². The Hall–Kier alpha value is -3.31. The summed E-state index contributed by atoms with van der Waals surface area (Å²) in [5, 5.41) is 6.54. The maximum absolute atomic E-state index is 3.37. The van der Waals surface area contributed by atoms with Gasteiger partial charge in [0, 0.05) is 10.8 Å². The summed E-state index contributed by atoms with van der Waals surface area (Å²) >= 11 is 0. The summed E-state index contributed by atoms with van der Waals surface area (Å²) in [6, 6.07) is 36.8. The summed E-state index contributed by atoms with van der Waals surface area (Å²) in [6.07, 6.45) is 9.94. The van der Waals surface area contributed by atoms with Gasteiger partial charge in [0.2, 0.25) is 0 Å². The minimum absolute atomic E-state index is 0.617. The predicted molar refractivity (Wildman–Crippen MR) is 132 cm³/mol. The van der Waals surface area contributed by atoms with Crippen molar-refractivity contribution in [3.05, 3.63) is 131 Å². The van der Waals surface area contributed by atoms with E-state index in [4.69, 9.17) is 0 Å². The second-order valence-electron chi connectivity index (χ2n) is 7.88. The van der Waals surface area contributed by atoms with Crippen molar-refractivity contribution in [2.45, 2.75) is 26.2 Å². The lowest BCUT2D eigenvalue weighted by Gasteiger charge is -2.26. The molecule has 1 aliphatic rings. The van der Waals surface area contributed by atoms with E-state index in [2.05, 4.69) is 116 Å². The van der Waals surface area contributed by atoms with Crippen molar-refractivity contribution in [2.75, 3.05) is 0 Å². The van der Waals surface area contributed by atoms with Crippen LogP contribution in [0.25, 0.3) is 10.8 Å². The molecular weight excluding hydrogens is 391 g/mol. The van der Waals surface area contributed by atoms with Crippen molar-refractivity contribution >= 4 is 29.3 Å². The van der Waals surface area contributed by atoms with Gasteiger partial charge in [0.1, 0.15) is 0 Å². The van der Waals surface area contributed by atoms with Gasteiger partial charge in [-0.1, -0.05) is 91.0 Å². The molecule has 0 saturated carbocycles. The van der Waals surface area contributed by atoms with Gasteiger partial charge in [0.15, 0.2) is 0 Å². The van der Waals surface area contributed by atoms with Gasteiger partial charge in [-0.25, -0.2) is 0 Å². The standard InChI is InChI=1S/C30H23P/c1-23-12-8-9-14-25(23)22-29-28-19-11-10-13-24(28)20-21-30(29)31(26-15-4-2-5-16-26)27-17-6-3-7-18-27/h2-6,8-9,12,14-17,20-21H,7,18,22H2,1H3. The zero-order valence-electron chi connectivity index (χ0n) is 17.7. The van der Waals surface area contributed by atoms with Crippen molar-refractivity contribution in [1.82, 2.24) is 0 Å². The first-order valence-electron chi connectivity index (χ1n) is 10.7. The van der Waals surface area contributed by atoms with E-state index in [0.717, 1.165) is 30.0 Å². The van der Waals surface area contributed by atoms with Gasteiger partial charge in [-0.3, -0.25) is 0 Å². The first kappa shape index (κ1) is 19.6. The molecule has 1 unspecified atom stereocenters. The number of hydrogen-bond acceptors (Lipinski definition) is 0. The van der Waals surface area contributed by atoms with Crippen molar-refractivity contribution in [1.29, 1.82) is 0 Å². The largest absolute Gasteiger partial charge is 0.0842 e. The highest BCUT2D eigenvalue weighted by Crippen LogP contribution is 2.47. The quantitative estimate of drug-likeness (QED) is 0.323. The summed E-state index contributed by atoms with van der Waals surface area (Å²) in [5.74, 6) is 0. The van der Waals surface area contributed by atoms with Crippen LogP contribution in [0.4, 0.5) is 0 Å². The third-order valence-electron chi connectivity index (χ3n) is 5.90. The Labute approximate surface area is 186 Å². The molecule has 0 aromatic heterocycles. The molecular formula is C30H23P. The number of allylic oxidation sites excluding steroid dienone is 4. The molecule has 0 saturated heterocycles. The lowest BCUT2D eigenvalue weighted by molar-refractivity contribution is 1.02. The maximum atomic E-state index is 3.37. The highest BCUT2D eigenvalue weighted by Gasteiger charge is 2.23. The van der Waals surface area contributed by atoms with E-state index in [1.54, 1.807) is 0 Å². The van der Waals surface area contributed by atoms with Crippen LogP contribution in [-0.4, -0.2) is 0 Å². The van der Waals surface area contributed by atoms with Gasteiger partial charge in [-0.05, 0) is 84.9 Å². The number of hydrogen-bond donors (Lipinski definition) is 0. The lowest BCUT2D eigenvalue weighted by atomic mass is 9.97. The fraction of sp³-hybridized carbons (Fsp3) is 0.133. The van der Waals surface area contributed by atoms with Crippen LogP contribution in [0.5, 0.6) is 0 Å². The number of aryl methyl sites for hydroxylation is 1. The topological polar surface area (TPSA) is 0 Å². The zero-order chi connectivity index (χ0) is 21.0. The van der Waals surface area contributed by atoms with E-state index in [1.165, 1.54) is 32.6 Å². The van der Waals surface area contributed by atoms with Crippen LogP contribution >= 0.6 is 7.92 Å². The van der Waals surface area contributed by atoms with Gasteiger partial charge < -0.3 is 0 Å². The van der Waals surface area contributed by atoms with E-state index in [-0.39, 0.29) is 0 Å². The summed E-state index contributed by atoms with van der Waals surface area (Å²) < 4.78 is 0. The fourth-order valence-electron chi connectivity index (χ4n) is 4.28. The molecule has 1 atom stereocenters. The van der Waals surface area contributed by atoms with Gasteiger partial charge in [0.05, 0.1) is 0 Å². The zero-order valence-corrected chi connectivity index (χ0v) is 18.5. The van der Waals surface area contributed by atoms with Crippen LogP contribution < -0.4 is 10.6 Å². The summed E-state index contributed by atoms with van der Waals surface area (Å²) in [6.45, 7) is 2.20. The van der Waals surface area contributed by atoms with Crippen molar-refractivity contribution in [3.63, 3.8) is 0 Å². The molecule has 0 aliphatic heterocycles. The summed E-state index contributed by atoms with van der Waals surface area (Å²) in [7, 11) is -0.617. The van der Waals surface area contributed by atoms with Gasteiger partial charge in [-0.15, -0.1) is 0 Å². The van der Waals surface area contributed by atoms with E-state index < -0.39 is 7.92 Å². The van der Waals surface area contributed by atoms with Crippen molar-refractivity contribution in [2.24, 2.45) is 0 Å². The minimum Gasteiger partial charge on any atom is -0.0842 e. The minimum atomic E-state index is -0.617. The molecule has 0 N–H and O–H groups in total. The molecule has 1 aliphatic carbocycles. The average molecular weight is 414 g/mol. The van der Waals surface area contributed by atoms with Crippen LogP contribution in [0.2, 0.25) is 0 Å². The normalized spacial score (nSPS) is 13.9. The molecule has 5 rings (SSSR count). The Morgan fingerprint density at radius 1 is 0.871 bits per heavy atom. The third-order valence-corrected chi connectivity index (χ3v) is 8.56. The Balaban J connectivity index is 1.75. The molecule has 0 heterocycles. The van der Waals surface area contributed by atoms with E-state index in [9.17, 15) is 0 Å². The Bertz CT molecular complexity index is 1260. The molecule has 0 fully saturated rings. The lowest BCUT2D eigenvalue weighted by Crippen LogP contribution is -2.18. The number of fused-ring (bicyclic) bond motifs is 1. The Kier molecular flexibility index (Phi) is 5.59. The monoisotopic (exact) mass is 414 g/mol. The fourth-order valence-corrected chi connectivity index (χ4v) is 6.94. The Morgan fingerprint density at radius 3 is 2.48 bits per heavy atom. The van der Waals surface area contributed by atoms with Crippen molar-refractivity contribution < 1.29 is 0 Å². The van der Waals surface area contributed by atoms with Gasteiger partial charge in [-0.2, -0.15) is 0 Å². The van der Waals surface area contributed by atoms with Crippen LogP contribution in [0, 0.1) is 31.2 Å². The first-order valence-corrected chi connectivity index (χ1v) is 12.1. The summed E-state index contributed by atoms with van der Waals surface area (Å²) in [4.78, 5) is 0. The molecule has 0 bridgehead atoms.